The molecule has 1 aliphatic rings. The van der Waals surface area contributed by atoms with Crippen molar-refractivity contribution in [1.29, 1.82) is 0 Å². The zero-order valence-electron chi connectivity index (χ0n) is 6.69. The molecule has 0 fully saturated rings. The van der Waals surface area contributed by atoms with E-state index in [0.29, 0.717) is 0 Å². The fourth-order valence-electron chi connectivity index (χ4n) is 0.861. The van der Waals surface area contributed by atoms with Crippen LogP contribution < -0.4 is 0 Å². The Morgan fingerprint density at radius 2 is 2.11 bits per heavy atom. The molecular formula is C7H11ClZr-. The Labute approximate surface area is 79.2 Å². The Bertz CT molecular complexity index is 172. The molecule has 0 atom stereocenters. The molecule has 51 valence electrons. The number of allylic oxidation sites excluding steroid dienone is 4. The Morgan fingerprint density at radius 3 is 2.22 bits per heavy atom. The minimum atomic E-state index is 0. The zero-order valence-corrected chi connectivity index (χ0v) is 8.97. The van der Waals surface area contributed by atoms with Crippen molar-refractivity contribution >= 4 is 12.4 Å². The van der Waals surface area contributed by atoms with Crippen LogP contribution in [0, 0.1) is 0 Å². The SMILES string of the molecule is CC1=C(C)C[C]([Zr])=C1.Cl.[H-]. The van der Waals surface area contributed by atoms with E-state index >= 15 is 0 Å². The summed E-state index contributed by atoms with van der Waals surface area (Å²) in [5.41, 5.74) is 3.04. The summed E-state index contributed by atoms with van der Waals surface area (Å²) in [7, 11) is 0. The van der Waals surface area contributed by atoms with Crippen LogP contribution in [0.4, 0.5) is 0 Å². The molecule has 0 nitrogen and oxygen atoms in total. The third-order valence-corrected chi connectivity index (χ3v) is 2.31. The molecule has 0 aromatic rings. The molecule has 0 saturated carbocycles. The largest absolute Gasteiger partial charge is 1.00 e. The Kier molecular flexibility index (Phi) is 4.00. The molecule has 0 aromatic heterocycles. The molecule has 9 heavy (non-hydrogen) atoms. The molecule has 0 heterocycles. The molecule has 0 N–H and O–H groups in total. The smallest absolute Gasteiger partial charge is 0.147 e. The van der Waals surface area contributed by atoms with E-state index in [1.807, 2.05) is 0 Å². The van der Waals surface area contributed by atoms with Gasteiger partial charge in [-0.25, -0.2) is 0 Å². The average molecular weight is 222 g/mol. The molecule has 0 radical (unpaired) electrons. The fraction of sp³-hybridized carbons (Fsp3) is 0.429. The van der Waals surface area contributed by atoms with Crippen LogP contribution >= 0.6 is 12.4 Å². The first-order chi connectivity index (χ1) is 3.70. The van der Waals surface area contributed by atoms with E-state index < -0.39 is 0 Å². The van der Waals surface area contributed by atoms with Gasteiger partial charge in [-0.15, -0.1) is 12.4 Å². The predicted octanol–water partition coefficient (Wildman–Crippen LogP) is 2.69. The maximum atomic E-state index is 2.30. The number of hydrogen-bond acceptors (Lipinski definition) is 0. The zero-order chi connectivity index (χ0) is 6.15. The summed E-state index contributed by atoms with van der Waals surface area (Å²) in [5, 5.41) is 0. The van der Waals surface area contributed by atoms with Crippen molar-refractivity contribution in [1.82, 2.24) is 0 Å². The Hall–Kier alpha value is 0.653. The van der Waals surface area contributed by atoms with Gasteiger partial charge in [0.2, 0.25) is 0 Å². The van der Waals surface area contributed by atoms with E-state index in [0.717, 1.165) is 0 Å². The molecule has 0 bridgehead atoms. The number of halogens is 1. The summed E-state index contributed by atoms with van der Waals surface area (Å²) in [6.45, 7) is 4.40. The molecule has 0 aliphatic heterocycles. The van der Waals surface area contributed by atoms with Gasteiger partial charge < -0.3 is 1.43 Å². The fourth-order valence-corrected chi connectivity index (χ4v) is 2.04. The summed E-state index contributed by atoms with van der Waals surface area (Å²) in [6.07, 6.45) is 3.54. The first-order valence-corrected chi connectivity index (χ1v) is 4.01. The van der Waals surface area contributed by atoms with Gasteiger partial charge in [0.05, 0.1) is 0 Å². The van der Waals surface area contributed by atoms with Gasteiger partial charge in [-0.3, -0.25) is 0 Å². The van der Waals surface area contributed by atoms with Gasteiger partial charge in [-0.2, -0.15) is 0 Å². The molecule has 0 saturated heterocycles. The molecule has 2 heteroatoms. The van der Waals surface area contributed by atoms with Crippen molar-refractivity contribution in [2.24, 2.45) is 0 Å². The topological polar surface area (TPSA) is 0 Å². The average Bonchev–Trinajstić information content (AvgIpc) is 1.85. The molecule has 0 amide bonds. The van der Waals surface area contributed by atoms with E-state index in [1.165, 1.54) is 12.0 Å². The number of rotatable bonds is 0. The van der Waals surface area contributed by atoms with Crippen LogP contribution in [0.3, 0.4) is 0 Å². The molecule has 0 unspecified atom stereocenters. The van der Waals surface area contributed by atoms with Crippen LogP contribution in [-0.2, 0) is 24.7 Å². The van der Waals surface area contributed by atoms with E-state index in [2.05, 4.69) is 19.9 Å². The normalized spacial score (nSPS) is 17.2. The molecular weight excluding hydrogens is 211 g/mol. The van der Waals surface area contributed by atoms with Crippen LogP contribution in [-0.4, -0.2) is 0 Å². The summed E-state index contributed by atoms with van der Waals surface area (Å²) in [6, 6.07) is 0. The van der Waals surface area contributed by atoms with E-state index in [-0.39, 0.29) is 13.8 Å². The standard InChI is InChI=1S/C7H9.ClH.Zr.H/c1-6-4-3-5-7(6)2;;;/h4H,5H2,1-2H3;1H;;/q;;;-1. The van der Waals surface area contributed by atoms with Crippen molar-refractivity contribution in [3.05, 3.63) is 20.5 Å². The van der Waals surface area contributed by atoms with Crippen molar-refractivity contribution in [3.8, 4) is 0 Å². The summed E-state index contributed by atoms with van der Waals surface area (Å²) in [5.74, 6) is 0. The second-order valence-corrected chi connectivity index (χ2v) is 3.89. The minimum absolute atomic E-state index is 0. The molecule has 1 rings (SSSR count). The van der Waals surface area contributed by atoms with Gasteiger partial charge >= 0.3 is 65.5 Å². The van der Waals surface area contributed by atoms with Crippen LogP contribution in [0.15, 0.2) is 20.5 Å². The van der Waals surface area contributed by atoms with Gasteiger partial charge in [0, 0.05) is 0 Å². The number of hydrogen-bond donors (Lipinski definition) is 0. The maximum Gasteiger partial charge on any atom is -0.147 e. The Morgan fingerprint density at radius 1 is 1.56 bits per heavy atom. The van der Waals surface area contributed by atoms with E-state index in [1.54, 1.807) is 33.6 Å². The van der Waals surface area contributed by atoms with Crippen molar-refractivity contribution in [2.75, 3.05) is 0 Å². The first-order valence-electron chi connectivity index (χ1n) is 2.78. The van der Waals surface area contributed by atoms with Crippen molar-refractivity contribution in [3.63, 3.8) is 0 Å². The van der Waals surface area contributed by atoms with Gasteiger partial charge in [0.25, 0.3) is 0 Å². The third kappa shape index (κ3) is 2.39. The molecule has 1 aliphatic carbocycles. The van der Waals surface area contributed by atoms with Gasteiger partial charge in [-0.05, 0) is 0 Å². The van der Waals surface area contributed by atoms with Crippen molar-refractivity contribution in [2.45, 2.75) is 20.3 Å². The quantitative estimate of drug-likeness (QED) is 0.590. The third-order valence-electron chi connectivity index (χ3n) is 1.52. The molecule has 0 spiro atoms. The van der Waals surface area contributed by atoms with Gasteiger partial charge in [-0.1, -0.05) is 0 Å². The second-order valence-electron chi connectivity index (χ2n) is 2.31. The van der Waals surface area contributed by atoms with Crippen LogP contribution in [0.1, 0.15) is 21.7 Å². The van der Waals surface area contributed by atoms with Gasteiger partial charge in [0.15, 0.2) is 0 Å². The first kappa shape index (κ1) is 9.65. The molecule has 0 aromatic carbocycles. The minimum Gasteiger partial charge on any atom is -1.00 e. The predicted molar refractivity (Wildman–Crippen MR) is 39.4 cm³/mol. The maximum absolute atomic E-state index is 2.30. The van der Waals surface area contributed by atoms with Gasteiger partial charge in [0.1, 0.15) is 0 Å². The van der Waals surface area contributed by atoms with E-state index in [9.17, 15) is 0 Å². The summed E-state index contributed by atoms with van der Waals surface area (Å²) >= 11 is 1.58. The van der Waals surface area contributed by atoms with Crippen LogP contribution in [0.25, 0.3) is 0 Å². The van der Waals surface area contributed by atoms with E-state index in [4.69, 9.17) is 0 Å². The monoisotopic (exact) mass is 220 g/mol. The van der Waals surface area contributed by atoms with Crippen molar-refractivity contribution < 1.29 is 26.1 Å². The second kappa shape index (κ2) is 3.73. The summed E-state index contributed by atoms with van der Waals surface area (Å²) in [4.78, 5) is 0. The van der Waals surface area contributed by atoms with Crippen LogP contribution in [0.5, 0.6) is 0 Å². The Balaban J connectivity index is 0. The van der Waals surface area contributed by atoms with Crippen LogP contribution in [0.2, 0.25) is 0 Å². The summed E-state index contributed by atoms with van der Waals surface area (Å²) < 4.78 is 1.59.